The standard InChI is InChI=1S/C10H13N5O2/c1-6-3-7(17-14-6)4-12-10(16)8-5-13-15(2)9(8)11/h3,5H,4,11H2,1-2H3,(H,12,16). The number of nitrogens with two attached hydrogens (primary N) is 1. The van der Waals surface area contributed by atoms with E-state index in [0.29, 0.717) is 17.1 Å². The van der Waals surface area contributed by atoms with Crippen molar-refractivity contribution in [3.05, 3.63) is 29.3 Å². The number of nitrogens with zero attached hydrogens (tertiary/aromatic N) is 3. The average Bonchev–Trinajstić information content (AvgIpc) is 2.84. The molecule has 2 aromatic heterocycles. The minimum absolute atomic E-state index is 0.272. The summed E-state index contributed by atoms with van der Waals surface area (Å²) in [5, 5.41) is 10.3. The summed E-state index contributed by atoms with van der Waals surface area (Å²) in [6.07, 6.45) is 1.43. The highest BCUT2D eigenvalue weighted by atomic mass is 16.5. The topological polar surface area (TPSA) is 99.0 Å². The summed E-state index contributed by atoms with van der Waals surface area (Å²) in [6.45, 7) is 2.09. The molecular weight excluding hydrogens is 222 g/mol. The van der Waals surface area contributed by atoms with E-state index in [1.54, 1.807) is 13.1 Å². The highest BCUT2D eigenvalue weighted by Crippen LogP contribution is 2.09. The van der Waals surface area contributed by atoms with E-state index in [1.165, 1.54) is 10.9 Å². The highest BCUT2D eigenvalue weighted by molar-refractivity contribution is 5.98. The lowest BCUT2D eigenvalue weighted by molar-refractivity contribution is 0.0948. The SMILES string of the molecule is Cc1cc(CNC(=O)c2cnn(C)c2N)on1. The molecule has 0 aliphatic heterocycles. The number of hydrogen-bond acceptors (Lipinski definition) is 5. The maximum absolute atomic E-state index is 11.8. The molecule has 0 aliphatic rings. The van der Waals surface area contributed by atoms with Crippen molar-refractivity contribution < 1.29 is 9.32 Å². The van der Waals surface area contributed by atoms with Crippen LogP contribution in [0, 0.1) is 6.92 Å². The number of anilines is 1. The van der Waals surface area contributed by atoms with Crippen molar-refractivity contribution >= 4 is 11.7 Å². The Hall–Kier alpha value is -2.31. The lowest BCUT2D eigenvalue weighted by Crippen LogP contribution is -2.23. The van der Waals surface area contributed by atoms with Gasteiger partial charge in [0.05, 0.1) is 18.4 Å². The van der Waals surface area contributed by atoms with E-state index in [4.69, 9.17) is 10.3 Å². The van der Waals surface area contributed by atoms with E-state index in [2.05, 4.69) is 15.6 Å². The van der Waals surface area contributed by atoms with E-state index in [0.717, 1.165) is 5.69 Å². The van der Waals surface area contributed by atoms with Crippen molar-refractivity contribution in [1.82, 2.24) is 20.3 Å². The zero-order valence-corrected chi connectivity index (χ0v) is 9.60. The second-order valence-corrected chi connectivity index (χ2v) is 3.68. The molecule has 0 spiro atoms. The van der Waals surface area contributed by atoms with Crippen LogP contribution in [-0.2, 0) is 13.6 Å². The van der Waals surface area contributed by atoms with Gasteiger partial charge < -0.3 is 15.6 Å². The summed E-state index contributed by atoms with van der Waals surface area (Å²) in [4.78, 5) is 11.8. The molecule has 2 heterocycles. The molecule has 0 saturated heterocycles. The van der Waals surface area contributed by atoms with Gasteiger partial charge in [0.1, 0.15) is 11.4 Å². The van der Waals surface area contributed by atoms with Crippen LogP contribution in [0.15, 0.2) is 16.8 Å². The molecule has 0 unspecified atom stereocenters. The summed E-state index contributed by atoms with van der Waals surface area (Å²) in [6, 6.07) is 1.76. The number of amides is 1. The number of nitrogens with one attached hydrogen (secondary N) is 1. The van der Waals surface area contributed by atoms with Crippen molar-refractivity contribution in [1.29, 1.82) is 0 Å². The second-order valence-electron chi connectivity index (χ2n) is 3.68. The average molecular weight is 235 g/mol. The summed E-state index contributed by atoms with van der Waals surface area (Å²) < 4.78 is 6.41. The number of carbonyl (C=O) groups excluding carboxylic acids is 1. The molecule has 0 aliphatic carbocycles. The van der Waals surface area contributed by atoms with Crippen LogP contribution in [-0.4, -0.2) is 20.8 Å². The fraction of sp³-hybridized carbons (Fsp3) is 0.300. The zero-order valence-electron chi connectivity index (χ0n) is 9.60. The molecular formula is C10H13N5O2. The molecule has 3 N–H and O–H groups in total. The molecule has 17 heavy (non-hydrogen) atoms. The van der Waals surface area contributed by atoms with Crippen molar-refractivity contribution in [2.75, 3.05) is 5.73 Å². The number of rotatable bonds is 3. The van der Waals surface area contributed by atoms with Crippen LogP contribution in [0.25, 0.3) is 0 Å². The molecule has 7 heteroatoms. The lowest BCUT2D eigenvalue weighted by Gasteiger charge is -2.01. The Balaban J connectivity index is 2.00. The number of hydrogen-bond donors (Lipinski definition) is 2. The van der Waals surface area contributed by atoms with E-state index in [-0.39, 0.29) is 12.5 Å². The maximum atomic E-state index is 11.8. The highest BCUT2D eigenvalue weighted by Gasteiger charge is 2.13. The Morgan fingerprint density at radius 3 is 2.94 bits per heavy atom. The maximum Gasteiger partial charge on any atom is 0.257 e. The molecule has 0 bridgehead atoms. The summed E-state index contributed by atoms with van der Waals surface area (Å²) in [5.74, 6) is 0.638. The third-order valence-electron chi connectivity index (χ3n) is 2.33. The van der Waals surface area contributed by atoms with Crippen LogP contribution in [0.3, 0.4) is 0 Å². The molecule has 0 aromatic carbocycles. The van der Waals surface area contributed by atoms with E-state index in [9.17, 15) is 4.79 Å². The van der Waals surface area contributed by atoms with Gasteiger partial charge in [-0.1, -0.05) is 5.16 Å². The molecule has 2 rings (SSSR count). The van der Waals surface area contributed by atoms with Gasteiger partial charge in [0.15, 0.2) is 5.76 Å². The van der Waals surface area contributed by atoms with Gasteiger partial charge in [-0.25, -0.2) is 0 Å². The third-order valence-corrected chi connectivity index (χ3v) is 2.33. The summed E-state index contributed by atoms with van der Waals surface area (Å²) in [7, 11) is 1.67. The smallest absolute Gasteiger partial charge is 0.257 e. The normalized spacial score (nSPS) is 10.5. The van der Waals surface area contributed by atoms with Crippen LogP contribution >= 0.6 is 0 Å². The van der Waals surface area contributed by atoms with Crippen LogP contribution in [0.4, 0.5) is 5.82 Å². The minimum atomic E-state index is -0.287. The minimum Gasteiger partial charge on any atom is -0.383 e. The van der Waals surface area contributed by atoms with Crippen LogP contribution in [0.1, 0.15) is 21.8 Å². The fourth-order valence-corrected chi connectivity index (χ4v) is 1.38. The summed E-state index contributed by atoms with van der Waals surface area (Å²) >= 11 is 0. The van der Waals surface area contributed by atoms with Gasteiger partial charge >= 0.3 is 0 Å². The molecule has 7 nitrogen and oxygen atoms in total. The molecule has 0 fully saturated rings. The van der Waals surface area contributed by atoms with Gasteiger partial charge in [-0.15, -0.1) is 0 Å². The number of aryl methyl sites for hydroxylation is 2. The first-order chi connectivity index (χ1) is 8.08. The fourth-order valence-electron chi connectivity index (χ4n) is 1.38. The van der Waals surface area contributed by atoms with Crippen LogP contribution in [0.2, 0.25) is 0 Å². The quantitative estimate of drug-likeness (QED) is 0.793. The van der Waals surface area contributed by atoms with Gasteiger partial charge in [0.25, 0.3) is 5.91 Å². The molecule has 0 radical (unpaired) electrons. The van der Waals surface area contributed by atoms with Crippen LogP contribution in [0.5, 0.6) is 0 Å². The van der Waals surface area contributed by atoms with E-state index < -0.39 is 0 Å². The Morgan fingerprint density at radius 1 is 1.65 bits per heavy atom. The Kier molecular flexibility index (Phi) is 2.82. The van der Waals surface area contributed by atoms with E-state index >= 15 is 0 Å². The molecule has 90 valence electrons. The van der Waals surface area contributed by atoms with Gasteiger partial charge in [-0.05, 0) is 6.92 Å². The molecule has 0 atom stereocenters. The number of carbonyl (C=O) groups is 1. The molecule has 0 saturated carbocycles. The van der Waals surface area contributed by atoms with Crippen molar-refractivity contribution in [3.63, 3.8) is 0 Å². The Morgan fingerprint density at radius 2 is 2.41 bits per heavy atom. The zero-order chi connectivity index (χ0) is 12.4. The predicted octanol–water partition coefficient (Wildman–Crippen LogP) is 0.229. The molecule has 2 aromatic rings. The predicted molar refractivity (Wildman–Crippen MR) is 60.0 cm³/mol. The van der Waals surface area contributed by atoms with Gasteiger partial charge in [0.2, 0.25) is 0 Å². The summed E-state index contributed by atoms with van der Waals surface area (Å²) in [5.41, 5.74) is 6.80. The number of nitrogen functional groups attached to an aromatic ring is 1. The number of aromatic nitrogens is 3. The first kappa shape index (κ1) is 11.2. The van der Waals surface area contributed by atoms with Crippen LogP contribution < -0.4 is 11.1 Å². The van der Waals surface area contributed by atoms with Crippen molar-refractivity contribution in [3.8, 4) is 0 Å². The van der Waals surface area contributed by atoms with E-state index in [1.807, 2.05) is 6.92 Å². The second kappa shape index (κ2) is 4.28. The Labute approximate surface area is 97.6 Å². The van der Waals surface area contributed by atoms with Gasteiger partial charge in [0, 0.05) is 13.1 Å². The molecule has 1 amide bonds. The monoisotopic (exact) mass is 235 g/mol. The largest absolute Gasteiger partial charge is 0.383 e. The van der Waals surface area contributed by atoms with Gasteiger partial charge in [-0.3, -0.25) is 9.48 Å². The third kappa shape index (κ3) is 2.27. The Bertz CT molecular complexity index is 543. The first-order valence-electron chi connectivity index (χ1n) is 5.06. The van der Waals surface area contributed by atoms with Crippen molar-refractivity contribution in [2.24, 2.45) is 7.05 Å². The first-order valence-corrected chi connectivity index (χ1v) is 5.06. The van der Waals surface area contributed by atoms with Crippen molar-refractivity contribution in [2.45, 2.75) is 13.5 Å². The lowest BCUT2D eigenvalue weighted by atomic mass is 10.3. The van der Waals surface area contributed by atoms with Gasteiger partial charge in [-0.2, -0.15) is 5.10 Å².